The summed E-state index contributed by atoms with van der Waals surface area (Å²) in [6.45, 7) is 0.369. The van der Waals surface area contributed by atoms with E-state index < -0.39 is 6.04 Å². The van der Waals surface area contributed by atoms with E-state index in [0.717, 1.165) is 11.1 Å². The summed E-state index contributed by atoms with van der Waals surface area (Å²) in [7, 11) is 0. The van der Waals surface area contributed by atoms with Crippen molar-refractivity contribution in [2.24, 2.45) is 0 Å². The van der Waals surface area contributed by atoms with Crippen LogP contribution in [0.4, 0.5) is 5.69 Å². The van der Waals surface area contributed by atoms with E-state index in [0.29, 0.717) is 30.6 Å². The number of fused-ring (bicyclic) bond motifs is 2. The van der Waals surface area contributed by atoms with Gasteiger partial charge in [0.1, 0.15) is 11.7 Å². The quantitative estimate of drug-likeness (QED) is 0.564. The zero-order chi connectivity index (χ0) is 23.7. The molecule has 0 radical (unpaired) electrons. The molecule has 2 unspecified atom stereocenters. The zero-order valence-electron chi connectivity index (χ0n) is 18.5. The second-order valence-electron chi connectivity index (χ2n) is 8.28. The lowest BCUT2D eigenvalue weighted by Crippen LogP contribution is -2.55. The first-order valence-electron chi connectivity index (χ1n) is 11.0. The molecule has 8 nitrogen and oxygen atoms in total. The number of nitrogens with one attached hydrogen (secondary N) is 2. The van der Waals surface area contributed by atoms with Crippen LogP contribution in [0.25, 0.3) is 11.1 Å². The van der Waals surface area contributed by atoms with Crippen LogP contribution >= 0.6 is 11.8 Å². The number of carbonyl (C=O) groups is 3. The fraction of sp³-hybridized carbons (Fsp3) is 0.240. The number of rotatable bonds is 4. The number of aromatic nitrogens is 2. The summed E-state index contributed by atoms with van der Waals surface area (Å²) in [5.74, 6) is -0.769. The monoisotopic (exact) mass is 473 g/mol. The van der Waals surface area contributed by atoms with E-state index in [1.165, 1.54) is 23.5 Å². The summed E-state index contributed by atoms with van der Waals surface area (Å²) in [4.78, 5) is 49.7. The molecule has 172 valence electrons. The minimum absolute atomic E-state index is 0.181. The van der Waals surface area contributed by atoms with Crippen LogP contribution in [0.1, 0.15) is 33.7 Å². The lowest BCUT2D eigenvalue weighted by atomic mass is 9.95. The Morgan fingerprint density at radius 2 is 1.91 bits per heavy atom. The number of anilines is 1. The van der Waals surface area contributed by atoms with Crippen LogP contribution in [0.15, 0.2) is 66.0 Å². The van der Waals surface area contributed by atoms with Crippen LogP contribution in [-0.4, -0.2) is 57.5 Å². The smallest absolute Gasteiger partial charge is 0.271 e. The molecule has 0 saturated carbocycles. The van der Waals surface area contributed by atoms with Crippen LogP contribution < -0.4 is 10.6 Å². The Kier molecular flexibility index (Phi) is 6.02. The molecular weight excluding hydrogens is 450 g/mol. The van der Waals surface area contributed by atoms with Crippen molar-refractivity contribution in [3.05, 3.63) is 72.3 Å². The van der Waals surface area contributed by atoms with Gasteiger partial charge >= 0.3 is 0 Å². The van der Waals surface area contributed by atoms with E-state index >= 15 is 0 Å². The van der Waals surface area contributed by atoms with Gasteiger partial charge in [-0.25, -0.2) is 4.98 Å². The van der Waals surface area contributed by atoms with E-state index in [4.69, 9.17) is 0 Å². The van der Waals surface area contributed by atoms with Crippen LogP contribution in [0.5, 0.6) is 0 Å². The topological polar surface area (TPSA) is 104 Å². The predicted molar refractivity (Wildman–Crippen MR) is 130 cm³/mol. The van der Waals surface area contributed by atoms with E-state index in [9.17, 15) is 14.4 Å². The molecule has 9 heteroatoms. The number of carbonyl (C=O) groups excluding carboxylic acids is 3. The molecular formula is C25H23N5O3S. The Morgan fingerprint density at radius 3 is 2.65 bits per heavy atom. The Bertz CT molecular complexity index is 1250. The Balaban J connectivity index is 1.36. The van der Waals surface area contributed by atoms with Crippen molar-refractivity contribution in [1.29, 1.82) is 0 Å². The van der Waals surface area contributed by atoms with Crippen molar-refractivity contribution in [3.8, 4) is 11.1 Å². The molecule has 2 aromatic carbocycles. The molecule has 5 rings (SSSR count). The molecule has 0 aliphatic carbocycles. The van der Waals surface area contributed by atoms with E-state index in [-0.39, 0.29) is 29.5 Å². The molecule has 1 aromatic heterocycles. The molecule has 2 atom stereocenters. The van der Waals surface area contributed by atoms with Crippen molar-refractivity contribution in [2.75, 3.05) is 18.1 Å². The van der Waals surface area contributed by atoms with Crippen LogP contribution in [0.2, 0.25) is 0 Å². The highest BCUT2D eigenvalue weighted by Crippen LogP contribution is 2.32. The largest absolute Gasteiger partial charge is 0.348 e. The van der Waals surface area contributed by atoms with Crippen molar-refractivity contribution in [3.63, 3.8) is 0 Å². The van der Waals surface area contributed by atoms with Gasteiger partial charge in [0.2, 0.25) is 5.91 Å². The van der Waals surface area contributed by atoms with Gasteiger partial charge in [-0.2, -0.15) is 0 Å². The van der Waals surface area contributed by atoms with Crippen molar-refractivity contribution in [1.82, 2.24) is 20.2 Å². The average molecular weight is 474 g/mol. The maximum absolute atomic E-state index is 13.5. The summed E-state index contributed by atoms with van der Waals surface area (Å²) in [6.07, 6.45) is 7.26. The second-order valence-corrected chi connectivity index (χ2v) is 9.16. The first-order chi connectivity index (χ1) is 16.5. The van der Waals surface area contributed by atoms with Gasteiger partial charge in [-0.15, -0.1) is 11.8 Å². The number of benzene rings is 2. The molecule has 0 spiro atoms. The summed E-state index contributed by atoms with van der Waals surface area (Å²) in [5.41, 5.74) is 3.12. The first kappa shape index (κ1) is 22.1. The molecule has 34 heavy (non-hydrogen) atoms. The van der Waals surface area contributed by atoms with Gasteiger partial charge in [0.25, 0.3) is 11.8 Å². The number of nitrogens with zero attached hydrogens (tertiary/aromatic N) is 3. The Labute approximate surface area is 201 Å². The third-order valence-electron chi connectivity index (χ3n) is 6.23. The molecule has 3 heterocycles. The number of hydrogen-bond donors (Lipinski definition) is 2. The Morgan fingerprint density at radius 1 is 1.12 bits per heavy atom. The number of amides is 3. The summed E-state index contributed by atoms with van der Waals surface area (Å²) in [5, 5.41) is 5.84. The molecule has 2 N–H and O–H groups in total. The van der Waals surface area contributed by atoms with Gasteiger partial charge in [-0.05, 0) is 54.5 Å². The van der Waals surface area contributed by atoms with E-state index in [1.807, 2.05) is 42.7 Å². The highest BCUT2D eigenvalue weighted by molar-refractivity contribution is 7.98. The minimum atomic E-state index is -0.662. The third kappa shape index (κ3) is 4.26. The van der Waals surface area contributed by atoms with E-state index in [1.54, 1.807) is 22.7 Å². The molecule has 0 bridgehead atoms. The molecule has 2 aliphatic rings. The number of piperidine rings is 1. The van der Waals surface area contributed by atoms with Crippen molar-refractivity contribution in [2.45, 2.75) is 29.8 Å². The fourth-order valence-electron chi connectivity index (χ4n) is 4.43. The maximum atomic E-state index is 13.5. The predicted octanol–water partition coefficient (Wildman–Crippen LogP) is 3.22. The van der Waals surface area contributed by atoms with Crippen molar-refractivity contribution < 1.29 is 14.4 Å². The highest BCUT2D eigenvalue weighted by Gasteiger charge is 2.40. The van der Waals surface area contributed by atoms with Gasteiger partial charge in [-0.3, -0.25) is 19.4 Å². The molecule has 2 aliphatic heterocycles. The van der Waals surface area contributed by atoms with Gasteiger partial charge in [0.05, 0.1) is 17.4 Å². The lowest BCUT2D eigenvalue weighted by Gasteiger charge is -2.37. The first-order valence-corrected chi connectivity index (χ1v) is 12.2. The van der Waals surface area contributed by atoms with Crippen LogP contribution in [0, 0.1) is 0 Å². The normalized spacial score (nSPS) is 19.5. The number of thioether (sulfide) groups is 1. The average Bonchev–Trinajstić information content (AvgIpc) is 2.98. The third-order valence-corrected chi connectivity index (χ3v) is 6.97. The van der Waals surface area contributed by atoms with Gasteiger partial charge in [0, 0.05) is 29.9 Å². The van der Waals surface area contributed by atoms with Crippen molar-refractivity contribution >= 4 is 35.2 Å². The second kappa shape index (κ2) is 9.26. The molecule has 1 saturated heterocycles. The standard InChI is InChI=1S/C25H23N5O3S/c1-34-18-5-2-15(3-6-18)16-4-7-20-19(12-16)25(33)30-11-8-17(13-22(30)24(32)29-20)28-23(31)21-14-26-9-10-27-21/h2-7,9-10,12,14,17,22H,8,11,13H2,1H3,(H,28,31)(H,29,32). The molecule has 3 aromatic rings. The Hall–Kier alpha value is -3.72. The highest BCUT2D eigenvalue weighted by atomic mass is 32.2. The zero-order valence-corrected chi connectivity index (χ0v) is 19.3. The van der Waals surface area contributed by atoms with Crippen LogP contribution in [-0.2, 0) is 4.79 Å². The summed E-state index contributed by atoms with van der Waals surface area (Å²) >= 11 is 1.67. The summed E-state index contributed by atoms with van der Waals surface area (Å²) in [6, 6.07) is 12.8. The van der Waals surface area contributed by atoms with Gasteiger partial charge < -0.3 is 15.5 Å². The van der Waals surface area contributed by atoms with Gasteiger partial charge in [0.15, 0.2) is 0 Å². The maximum Gasteiger partial charge on any atom is 0.271 e. The van der Waals surface area contributed by atoms with Gasteiger partial charge in [-0.1, -0.05) is 18.2 Å². The fourth-order valence-corrected chi connectivity index (χ4v) is 4.84. The summed E-state index contributed by atoms with van der Waals surface area (Å²) < 4.78 is 0. The SMILES string of the molecule is CSc1ccc(-c2ccc3c(c2)C(=O)N2CCC(NC(=O)c4cnccn4)CC2C(=O)N3)cc1. The van der Waals surface area contributed by atoms with Crippen LogP contribution in [0.3, 0.4) is 0 Å². The molecule has 3 amide bonds. The number of hydrogen-bond acceptors (Lipinski definition) is 6. The lowest BCUT2D eigenvalue weighted by molar-refractivity contribution is -0.121. The minimum Gasteiger partial charge on any atom is -0.348 e. The molecule has 1 fully saturated rings. The van der Waals surface area contributed by atoms with E-state index in [2.05, 4.69) is 20.6 Å².